The van der Waals surface area contributed by atoms with Gasteiger partial charge in [0.15, 0.2) is 0 Å². The molecule has 0 unspecified atom stereocenters. The largest absolute Gasteiger partial charge is 0.326 e. The van der Waals surface area contributed by atoms with Crippen molar-refractivity contribution in [1.29, 1.82) is 0 Å². The molecule has 3 heteroatoms. The lowest BCUT2D eigenvalue weighted by Crippen LogP contribution is -1.93. The Morgan fingerprint density at radius 3 is 2.70 bits per heavy atom. The van der Waals surface area contributed by atoms with Crippen LogP contribution in [0.25, 0.3) is 0 Å². The van der Waals surface area contributed by atoms with Gasteiger partial charge >= 0.3 is 0 Å². The van der Waals surface area contributed by atoms with E-state index in [4.69, 9.17) is 5.73 Å². The van der Waals surface area contributed by atoms with E-state index in [2.05, 4.69) is 28.9 Å². The van der Waals surface area contributed by atoms with Gasteiger partial charge in [-0.05, 0) is 34.0 Å². The van der Waals surface area contributed by atoms with Crippen molar-refractivity contribution >= 4 is 27.3 Å². The molecule has 1 nitrogen and oxygen atoms in total. The Balaban J connectivity index is 2.92. The fourth-order valence-corrected chi connectivity index (χ4v) is 2.52. The van der Waals surface area contributed by atoms with Gasteiger partial charge in [-0.15, -0.1) is 11.3 Å². The van der Waals surface area contributed by atoms with Gasteiger partial charge in [0.05, 0.1) is 3.79 Å². The Kier molecular flexibility index (Phi) is 2.89. The first kappa shape index (κ1) is 8.24. The summed E-state index contributed by atoms with van der Waals surface area (Å²) in [6.07, 6.45) is 1.10. The molecule has 0 amide bonds. The van der Waals surface area contributed by atoms with Gasteiger partial charge in [0.2, 0.25) is 0 Å². The Hall–Kier alpha value is 0.140. The monoisotopic (exact) mass is 219 g/mol. The maximum absolute atomic E-state index is 5.50. The number of halogens is 1. The highest BCUT2D eigenvalue weighted by Crippen LogP contribution is 2.27. The second kappa shape index (κ2) is 3.51. The first-order valence-electron chi connectivity index (χ1n) is 3.25. The summed E-state index contributed by atoms with van der Waals surface area (Å²) in [6, 6.07) is 2.16. The van der Waals surface area contributed by atoms with E-state index in [1.807, 2.05) is 0 Å². The predicted molar refractivity (Wildman–Crippen MR) is 49.3 cm³/mol. The van der Waals surface area contributed by atoms with Crippen LogP contribution in [0.4, 0.5) is 0 Å². The average Bonchev–Trinajstić information content (AvgIpc) is 2.30. The van der Waals surface area contributed by atoms with E-state index in [9.17, 15) is 0 Å². The molecule has 0 fully saturated rings. The van der Waals surface area contributed by atoms with Gasteiger partial charge in [0, 0.05) is 11.4 Å². The summed E-state index contributed by atoms with van der Waals surface area (Å²) in [5, 5.41) is 0. The van der Waals surface area contributed by atoms with Crippen molar-refractivity contribution < 1.29 is 0 Å². The number of hydrogen-bond acceptors (Lipinski definition) is 2. The highest BCUT2D eigenvalue weighted by molar-refractivity contribution is 9.11. The lowest BCUT2D eigenvalue weighted by Gasteiger charge is -1.86. The maximum Gasteiger partial charge on any atom is 0.0746 e. The molecule has 0 spiro atoms. The molecule has 0 atom stereocenters. The van der Waals surface area contributed by atoms with Gasteiger partial charge in [-0.3, -0.25) is 0 Å². The van der Waals surface area contributed by atoms with Crippen LogP contribution in [-0.2, 0) is 13.0 Å². The SMILES string of the molecule is CCc1cc(CN)c(Br)s1. The Morgan fingerprint density at radius 1 is 1.70 bits per heavy atom. The molecule has 10 heavy (non-hydrogen) atoms. The van der Waals surface area contributed by atoms with Gasteiger partial charge in [0.1, 0.15) is 0 Å². The minimum Gasteiger partial charge on any atom is -0.326 e. The van der Waals surface area contributed by atoms with E-state index in [1.54, 1.807) is 11.3 Å². The summed E-state index contributed by atoms with van der Waals surface area (Å²) in [5.41, 5.74) is 6.72. The zero-order valence-corrected chi connectivity index (χ0v) is 8.26. The van der Waals surface area contributed by atoms with Crippen LogP contribution in [0.1, 0.15) is 17.4 Å². The van der Waals surface area contributed by atoms with Gasteiger partial charge in [0.25, 0.3) is 0 Å². The molecule has 1 rings (SSSR count). The molecule has 0 aromatic carbocycles. The first-order chi connectivity index (χ1) is 4.77. The topological polar surface area (TPSA) is 26.0 Å². The lowest BCUT2D eigenvalue weighted by atomic mass is 10.3. The van der Waals surface area contributed by atoms with E-state index >= 15 is 0 Å². The van der Waals surface area contributed by atoms with Crippen molar-refractivity contribution in [3.8, 4) is 0 Å². The van der Waals surface area contributed by atoms with Crippen LogP contribution in [0.5, 0.6) is 0 Å². The molecule has 0 radical (unpaired) electrons. The quantitative estimate of drug-likeness (QED) is 0.814. The Bertz CT molecular complexity index is 219. The second-order valence-corrected chi connectivity index (χ2v) is 4.52. The summed E-state index contributed by atoms with van der Waals surface area (Å²) in [7, 11) is 0. The minimum absolute atomic E-state index is 0.636. The molecule has 2 N–H and O–H groups in total. The third kappa shape index (κ3) is 1.59. The summed E-state index contributed by atoms with van der Waals surface area (Å²) >= 11 is 5.23. The van der Waals surface area contributed by atoms with Crippen molar-refractivity contribution in [2.75, 3.05) is 0 Å². The number of thiophene rings is 1. The summed E-state index contributed by atoms with van der Waals surface area (Å²) in [5.74, 6) is 0. The highest BCUT2D eigenvalue weighted by Gasteiger charge is 2.02. The normalized spacial score (nSPS) is 10.3. The fraction of sp³-hybridized carbons (Fsp3) is 0.429. The average molecular weight is 220 g/mol. The molecule has 1 aromatic rings. The standard InChI is InChI=1S/C7H10BrNS/c1-2-6-3-5(4-9)7(8)10-6/h3H,2,4,9H2,1H3. The van der Waals surface area contributed by atoms with Crippen molar-refractivity contribution in [3.05, 3.63) is 20.3 Å². The molecule has 0 bridgehead atoms. The predicted octanol–water partition coefficient (Wildman–Crippen LogP) is 2.53. The summed E-state index contributed by atoms with van der Waals surface area (Å²) < 4.78 is 1.19. The third-order valence-electron chi connectivity index (χ3n) is 1.38. The van der Waals surface area contributed by atoms with Gasteiger partial charge < -0.3 is 5.73 Å². The van der Waals surface area contributed by atoms with Crippen molar-refractivity contribution in [1.82, 2.24) is 0 Å². The van der Waals surface area contributed by atoms with Gasteiger partial charge in [-0.1, -0.05) is 6.92 Å². The third-order valence-corrected chi connectivity index (χ3v) is 3.48. The molecule has 0 saturated carbocycles. The smallest absolute Gasteiger partial charge is 0.0746 e. The zero-order valence-electron chi connectivity index (χ0n) is 5.86. The van der Waals surface area contributed by atoms with Crippen LogP contribution in [0.15, 0.2) is 9.85 Å². The number of rotatable bonds is 2. The van der Waals surface area contributed by atoms with E-state index in [0.29, 0.717) is 6.54 Å². The van der Waals surface area contributed by atoms with Gasteiger partial charge in [-0.2, -0.15) is 0 Å². The van der Waals surface area contributed by atoms with Crippen LogP contribution in [0, 0.1) is 0 Å². The van der Waals surface area contributed by atoms with Crippen molar-refractivity contribution in [3.63, 3.8) is 0 Å². The van der Waals surface area contributed by atoms with Crippen molar-refractivity contribution in [2.45, 2.75) is 19.9 Å². The molecule has 1 aromatic heterocycles. The number of aryl methyl sites for hydroxylation is 1. The van der Waals surface area contributed by atoms with Gasteiger partial charge in [-0.25, -0.2) is 0 Å². The summed E-state index contributed by atoms with van der Waals surface area (Å²) in [4.78, 5) is 1.40. The van der Waals surface area contributed by atoms with E-state index in [0.717, 1.165) is 6.42 Å². The molecular weight excluding hydrogens is 210 g/mol. The highest BCUT2D eigenvalue weighted by atomic mass is 79.9. The van der Waals surface area contributed by atoms with E-state index in [-0.39, 0.29) is 0 Å². The number of nitrogens with two attached hydrogens (primary N) is 1. The molecule has 0 aliphatic heterocycles. The van der Waals surface area contributed by atoms with Crippen LogP contribution in [-0.4, -0.2) is 0 Å². The fourth-order valence-electron chi connectivity index (χ4n) is 0.775. The first-order valence-corrected chi connectivity index (χ1v) is 4.86. The van der Waals surface area contributed by atoms with E-state index < -0.39 is 0 Å². The van der Waals surface area contributed by atoms with Crippen LogP contribution >= 0.6 is 27.3 Å². The van der Waals surface area contributed by atoms with E-state index in [1.165, 1.54) is 14.2 Å². The molecule has 1 heterocycles. The maximum atomic E-state index is 5.50. The molecule has 56 valence electrons. The molecule has 0 aliphatic rings. The van der Waals surface area contributed by atoms with Crippen LogP contribution < -0.4 is 5.73 Å². The second-order valence-electron chi connectivity index (χ2n) is 2.07. The van der Waals surface area contributed by atoms with Crippen LogP contribution in [0.3, 0.4) is 0 Å². The Labute approximate surface area is 73.4 Å². The lowest BCUT2D eigenvalue weighted by molar-refractivity contribution is 1.07. The molecule has 0 aliphatic carbocycles. The zero-order chi connectivity index (χ0) is 7.56. The molecular formula is C7H10BrNS. The number of hydrogen-bond donors (Lipinski definition) is 1. The minimum atomic E-state index is 0.636. The van der Waals surface area contributed by atoms with Crippen molar-refractivity contribution in [2.24, 2.45) is 5.73 Å². The van der Waals surface area contributed by atoms with Crippen LogP contribution in [0.2, 0.25) is 0 Å². The molecule has 0 saturated heterocycles. The summed E-state index contributed by atoms with van der Waals surface area (Å²) in [6.45, 7) is 2.79. The Morgan fingerprint density at radius 2 is 2.40 bits per heavy atom.